The predicted molar refractivity (Wildman–Crippen MR) is 90.7 cm³/mol. The van der Waals surface area contributed by atoms with Crippen LogP contribution >= 0.6 is 11.3 Å². The van der Waals surface area contributed by atoms with E-state index in [2.05, 4.69) is 41.0 Å². The van der Waals surface area contributed by atoms with Crippen LogP contribution in [-0.2, 0) is 0 Å². The Hall–Kier alpha value is -2.21. The molecule has 0 unspecified atom stereocenters. The van der Waals surface area contributed by atoms with Crippen molar-refractivity contribution < 1.29 is 0 Å². The average Bonchev–Trinajstić information content (AvgIpc) is 3.01. The summed E-state index contributed by atoms with van der Waals surface area (Å²) in [6, 6.07) is 8.25. The minimum Gasteiger partial charge on any atom is -0.372 e. The molecule has 0 atom stereocenters. The van der Waals surface area contributed by atoms with Gasteiger partial charge in [0.2, 0.25) is 4.96 Å². The summed E-state index contributed by atoms with van der Waals surface area (Å²) in [7, 11) is 0. The first-order chi connectivity index (χ1) is 10.6. The van der Waals surface area contributed by atoms with Crippen LogP contribution < -0.4 is 15.0 Å². The summed E-state index contributed by atoms with van der Waals surface area (Å²) in [5.41, 5.74) is 2.10. The summed E-state index contributed by atoms with van der Waals surface area (Å²) < 4.78 is 2.03. The first kappa shape index (κ1) is 14.7. The molecule has 0 spiro atoms. The Kier molecular flexibility index (Phi) is 3.94. The summed E-state index contributed by atoms with van der Waals surface area (Å²) in [5, 5.41) is 4.11. The molecule has 6 heteroatoms. The number of fused-ring (bicyclic) bond motifs is 1. The van der Waals surface area contributed by atoms with Gasteiger partial charge >= 0.3 is 0 Å². The molecular weight excluding hydrogens is 296 g/mol. The highest BCUT2D eigenvalue weighted by Gasteiger charge is 2.07. The number of benzene rings is 1. The summed E-state index contributed by atoms with van der Waals surface area (Å²) in [5.74, 6) is 0.624. The van der Waals surface area contributed by atoms with Crippen molar-refractivity contribution in [3.8, 4) is 0 Å². The van der Waals surface area contributed by atoms with Crippen molar-refractivity contribution in [2.75, 3.05) is 18.0 Å². The van der Waals surface area contributed by atoms with Crippen molar-refractivity contribution in [3.63, 3.8) is 0 Å². The molecule has 0 amide bonds. The average molecular weight is 314 g/mol. The standard InChI is InChI=1S/C16H18N4OS/c1-4-19(5-2)13-8-6-12(7-9-13)10-14-15(21)20-16(22-14)17-11(3)18-20/h6-10H,4-5H2,1-3H3/b14-10-. The second-order valence-electron chi connectivity index (χ2n) is 5.03. The zero-order valence-corrected chi connectivity index (χ0v) is 13.7. The molecule has 114 valence electrons. The fourth-order valence-electron chi connectivity index (χ4n) is 2.45. The second kappa shape index (κ2) is 5.88. The van der Waals surface area contributed by atoms with Crippen LogP contribution in [0.2, 0.25) is 0 Å². The Labute approximate surface area is 132 Å². The summed E-state index contributed by atoms with van der Waals surface area (Å²) in [4.78, 5) is 19.4. The third-order valence-corrected chi connectivity index (χ3v) is 4.57. The first-order valence-electron chi connectivity index (χ1n) is 7.35. The highest BCUT2D eigenvalue weighted by Crippen LogP contribution is 2.15. The number of aryl methyl sites for hydroxylation is 1. The van der Waals surface area contributed by atoms with Gasteiger partial charge in [-0.1, -0.05) is 23.5 Å². The van der Waals surface area contributed by atoms with Crippen LogP contribution in [0, 0.1) is 6.92 Å². The largest absolute Gasteiger partial charge is 0.372 e. The van der Waals surface area contributed by atoms with Gasteiger partial charge in [0.15, 0.2) is 0 Å². The van der Waals surface area contributed by atoms with Gasteiger partial charge in [0.1, 0.15) is 5.82 Å². The van der Waals surface area contributed by atoms with E-state index in [1.165, 1.54) is 21.5 Å². The number of hydrogen-bond acceptors (Lipinski definition) is 5. The number of aromatic nitrogens is 3. The van der Waals surface area contributed by atoms with Gasteiger partial charge in [-0.3, -0.25) is 4.79 Å². The van der Waals surface area contributed by atoms with E-state index >= 15 is 0 Å². The van der Waals surface area contributed by atoms with Gasteiger partial charge in [0.25, 0.3) is 5.56 Å². The Morgan fingerprint density at radius 1 is 1.23 bits per heavy atom. The highest BCUT2D eigenvalue weighted by atomic mass is 32.1. The van der Waals surface area contributed by atoms with Gasteiger partial charge in [-0.15, -0.1) is 5.10 Å². The lowest BCUT2D eigenvalue weighted by molar-refractivity contribution is 0.866. The molecule has 5 nitrogen and oxygen atoms in total. The van der Waals surface area contributed by atoms with Crippen molar-refractivity contribution in [1.29, 1.82) is 0 Å². The number of nitrogens with zero attached hydrogens (tertiary/aromatic N) is 4. The fraction of sp³-hybridized carbons (Fsp3) is 0.312. The molecule has 0 N–H and O–H groups in total. The van der Waals surface area contributed by atoms with Crippen molar-refractivity contribution >= 4 is 28.1 Å². The quantitative estimate of drug-likeness (QED) is 0.737. The zero-order chi connectivity index (χ0) is 15.7. The van der Waals surface area contributed by atoms with E-state index < -0.39 is 0 Å². The minimum absolute atomic E-state index is 0.103. The predicted octanol–water partition coefficient (Wildman–Crippen LogP) is 1.85. The van der Waals surface area contributed by atoms with E-state index in [4.69, 9.17) is 0 Å². The van der Waals surface area contributed by atoms with E-state index in [0.29, 0.717) is 15.3 Å². The van der Waals surface area contributed by atoms with E-state index in [-0.39, 0.29) is 5.56 Å². The Morgan fingerprint density at radius 2 is 1.91 bits per heavy atom. The smallest absolute Gasteiger partial charge is 0.291 e. The molecule has 3 rings (SSSR count). The molecule has 2 aromatic heterocycles. The fourth-order valence-corrected chi connectivity index (χ4v) is 3.41. The van der Waals surface area contributed by atoms with Gasteiger partial charge in [-0.05, 0) is 44.5 Å². The molecule has 0 saturated carbocycles. The molecule has 0 bridgehead atoms. The molecule has 0 fully saturated rings. The Balaban J connectivity index is 1.98. The van der Waals surface area contributed by atoms with Crippen LogP contribution in [0.4, 0.5) is 5.69 Å². The molecule has 0 radical (unpaired) electrons. The molecule has 2 heterocycles. The molecule has 0 saturated heterocycles. The van der Waals surface area contributed by atoms with Crippen LogP contribution in [-0.4, -0.2) is 27.7 Å². The molecule has 0 aliphatic heterocycles. The number of hydrogen-bond donors (Lipinski definition) is 0. The lowest BCUT2D eigenvalue weighted by atomic mass is 10.2. The van der Waals surface area contributed by atoms with Crippen molar-refractivity contribution in [2.45, 2.75) is 20.8 Å². The van der Waals surface area contributed by atoms with Crippen LogP contribution in [0.5, 0.6) is 0 Å². The third-order valence-electron chi connectivity index (χ3n) is 3.61. The number of anilines is 1. The maximum absolute atomic E-state index is 12.2. The molecule has 0 aliphatic carbocycles. The Bertz CT molecular complexity index is 891. The van der Waals surface area contributed by atoms with Gasteiger partial charge in [-0.25, -0.2) is 4.98 Å². The maximum atomic E-state index is 12.2. The van der Waals surface area contributed by atoms with Crippen LogP contribution in [0.15, 0.2) is 29.1 Å². The van der Waals surface area contributed by atoms with E-state index in [9.17, 15) is 4.79 Å². The monoisotopic (exact) mass is 314 g/mol. The van der Waals surface area contributed by atoms with Crippen LogP contribution in [0.1, 0.15) is 25.2 Å². The summed E-state index contributed by atoms with van der Waals surface area (Å²) >= 11 is 1.37. The lowest BCUT2D eigenvalue weighted by Crippen LogP contribution is -2.23. The molecule has 3 aromatic rings. The highest BCUT2D eigenvalue weighted by molar-refractivity contribution is 7.15. The molecule has 0 aliphatic rings. The van der Waals surface area contributed by atoms with Crippen molar-refractivity contribution in [2.24, 2.45) is 0 Å². The summed E-state index contributed by atoms with van der Waals surface area (Å²) in [6.07, 6.45) is 1.89. The van der Waals surface area contributed by atoms with Crippen molar-refractivity contribution in [3.05, 3.63) is 50.5 Å². The van der Waals surface area contributed by atoms with E-state index in [1.807, 2.05) is 18.2 Å². The minimum atomic E-state index is -0.103. The van der Waals surface area contributed by atoms with E-state index in [0.717, 1.165) is 18.7 Å². The van der Waals surface area contributed by atoms with Gasteiger partial charge < -0.3 is 4.90 Å². The molecule has 22 heavy (non-hydrogen) atoms. The topological polar surface area (TPSA) is 50.5 Å². The second-order valence-corrected chi connectivity index (χ2v) is 6.04. The molecule has 1 aromatic carbocycles. The zero-order valence-electron chi connectivity index (χ0n) is 12.9. The SMILES string of the molecule is CCN(CC)c1ccc(/C=c2\sc3nc(C)nn3c2=O)cc1. The van der Waals surface area contributed by atoms with Gasteiger partial charge in [0.05, 0.1) is 4.53 Å². The van der Waals surface area contributed by atoms with Crippen LogP contribution in [0.3, 0.4) is 0 Å². The van der Waals surface area contributed by atoms with Crippen LogP contribution in [0.25, 0.3) is 11.0 Å². The van der Waals surface area contributed by atoms with Gasteiger partial charge in [0, 0.05) is 18.8 Å². The normalized spacial score (nSPS) is 12.2. The van der Waals surface area contributed by atoms with Crippen molar-refractivity contribution in [1.82, 2.24) is 14.6 Å². The maximum Gasteiger partial charge on any atom is 0.291 e. The summed E-state index contributed by atoms with van der Waals surface area (Å²) in [6.45, 7) is 8.04. The lowest BCUT2D eigenvalue weighted by Gasteiger charge is -2.20. The van der Waals surface area contributed by atoms with Gasteiger partial charge in [-0.2, -0.15) is 4.52 Å². The molecular formula is C16H18N4OS. The third kappa shape index (κ3) is 2.62. The number of rotatable bonds is 4. The number of thiazole rings is 1. The van der Waals surface area contributed by atoms with E-state index in [1.54, 1.807) is 6.92 Å². The first-order valence-corrected chi connectivity index (χ1v) is 8.17. The Morgan fingerprint density at radius 3 is 2.50 bits per heavy atom.